The number of piperidine rings is 1. The van der Waals surface area contributed by atoms with Gasteiger partial charge in [-0.25, -0.2) is 0 Å². The van der Waals surface area contributed by atoms with E-state index in [-0.39, 0.29) is 0 Å². The van der Waals surface area contributed by atoms with Gasteiger partial charge in [-0.15, -0.1) is 0 Å². The van der Waals surface area contributed by atoms with Gasteiger partial charge in [0.15, 0.2) is 0 Å². The summed E-state index contributed by atoms with van der Waals surface area (Å²) in [5.41, 5.74) is 0. The molecule has 3 nitrogen and oxygen atoms in total. The molecule has 0 unspecified atom stereocenters. The first kappa shape index (κ1) is 12.9. The van der Waals surface area contributed by atoms with Crippen LogP contribution >= 0.6 is 0 Å². The van der Waals surface area contributed by atoms with Crippen molar-refractivity contribution >= 4 is 0 Å². The summed E-state index contributed by atoms with van der Waals surface area (Å²) in [5.74, 6) is 0.906. The van der Waals surface area contributed by atoms with Crippen LogP contribution in [0.3, 0.4) is 0 Å². The summed E-state index contributed by atoms with van der Waals surface area (Å²) in [4.78, 5) is 2.47. The van der Waals surface area contributed by atoms with E-state index >= 15 is 0 Å². The predicted molar refractivity (Wildman–Crippen MR) is 66.3 cm³/mol. The van der Waals surface area contributed by atoms with Crippen LogP contribution in [0.25, 0.3) is 0 Å². The summed E-state index contributed by atoms with van der Waals surface area (Å²) >= 11 is 0. The molecule has 0 aromatic carbocycles. The van der Waals surface area contributed by atoms with Crippen LogP contribution in [0.4, 0.5) is 0 Å². The Morgan fingerprint density at radius 2 is 1.87 bits per heavy atom. The van der Waals surface area contributed by atoms with E-state index in [9.17, 15) is 0 Å². The van der Waals surface area contributed by atoms with Crippen molar-refractivity contribution in [1.82, 2.24) is 15.5 Å². The maximum absolute atomic E-state index is 3.58. The van der Waals surface area contributed by atoms with Gasteiger partial charge >= 0.3 is 0 Å². The van der Waals surface area contributed by atoms with Crippen molar-refractivity contribution < 1.29 is 0 Å². The minimum Gasteiger partial charge on any atom is -0.317 e. The fourth-order valence-corrected chi connectivity index (χ4v) is 2.17. The SMILES string of the molecule is CCN(CC)CCNCC1CCNCC1. The third-order valence-electron chi connectivity index (χ3n) is 3.39. The lowest BCUT2D eigenvalue weighted by Gasteiger charge is -2.24. The zero-order chi connectivity index (χ0) is 10.9. The van der Waals surface area contributed by atoms with Gasteiger partial charge in [0.25, 0.3) is 0 Å². The van der Waals surface area contributed by atoms with Crippen LogP contribution in [0.5, 0.6) is 0 Å². The van der Waals surface area contributed by atoms with Crippen LogP contribution < -0.4 is 10.6 Å². The fourth-order valence-electron chi connectivity index (χ4n) is 2.17. The fraction of sp³-hybridized carbons (Fsp3) is 1.00. The van der Waals surface area contributed by atoms with Gasteiger partial charge < -0.3 is 15.5 Å². The minimum absolute atomic E-state index is 0.906. The van der Waals surface area contributed by atoms with Gasteiger partial charge in [0, 0.05) is 13.1 Å². The number of nitrogens with zero attached hydrogens (tertiary/aromatic N) is 1. The molecule has 1 heterocycles. The predicted octanol–water partition coefficient (Wildman–Crippen LogP) is 0.917. The molecular weight excluding hydrogens is 186 g/mol. The van der Waals surface area contributed by atoms with Crippen molar-refractivity contribution in [2.45, 2.75) is 26.7 Å². The van der Waals surface area contributed by atoms with Crippen LogP contribution in [0.1, 0.15) is 26.7 Å². The summed E-state index contributed by atoms with van der Waals surface area (Å²) in [6, 6.07) is 0. The lowest BCUT2D eigenvalue weighted by Crippen LogP contribution is -2.37. The van der Waals surface area contributed by atoms with E-state index in [0.717, 1.165) is 12.5 Å². The molecule has 0 spiro atoms. The highest BCUT2D eigenvalue weighted by Crippen LogP contribution is 2.09. The molecule has 1 saturated heterocycles. The molecule has 0 radical (unpaired) electrons. The lowest BCUT2D eigenvalue weighted by molar-refractivity contribution is 0.292. The molecule has 3 heteroatoms. The van der Waals surface area contributed by atoms with Crippen LogP contribution in [0.15, 0.2) is 0 Å². The normalized spacial score (nSPS) is 18.6. The molecule has 1 aliphatic heterocycles. The number of likely N-dealkylation sites (N-methyl/N-ethyl adjacent to an activating group) is 1. The van der Waals surface area contributed by atoms with Gasteiger partial charge in [-0.2, -0.15) is 0 Å². The molecule has 2 N–H and O–H groups in total. The molecule has 1 aliphatic rings. The second-order valence-electron chi connectivity index (χ2n) is 4.42. The molecule has 0 aromatic heterocycles. The topological polar surface area (TPSA) is 27.3 Å². The molecule has 0 aromatic rings. The van der Waals surface area contributed by atoms with E-state index in [4.69, 9.17) is 0 Å². The monoisotopic (exact) mass is 213 g/mol. The molecule has 0 bridgehead atoms. The Kier molecular flexibility index (Phi) is 6.98. The Balaban J connectivity index is 1.95. The molecule has 1 rings (SSSR count). The van der Waals surface area contributed by atoms with Crippen LogP contribution in [0.2, 0.25) is 0 Å². The Morgan fingerprint density at radius 3 is 2.47 bits per heavy atom. The zero-order valence-corrected chi connectivity index (χ0v) is 10.4. The van der Waals surface area contributed by atoms with Crippen LogP contribution in [0, 0.1) is 5.92 Å². The van der Waals surface area contributed by atoms with Gasteiger partial charge in [0.2, 0.25) is 0 Å². The van der Waals surface area contributed by atoms with Crippen molar-refractivity contribution in [1.29, 1.82) is 0 Å². The van der Waals surface area contributed by atoms with Crippen molar-refractivity contribution in [2.75, 3.05) is 45.8 Å². The Hall–Kier alpha value is -0.120. The second kappa shape index (κ2) is 8.08. The van der Waals surface area contributed by atoms with E-state index < -0.39 is 0 Å². The summed E-state index contributed by atoms with van der Waals surface area (Å²) in [6.45, 7) is 12.8. The number of nitrogens with one attached hydrogen (secondary N) is 2. The quantitative estimate of drug-likeness (QED) is 0.616. The van der Waals surface area contributed by atoms with E-state index in [2.05, 4.69) is 29.4 Å². The largest absolute Gasteiger partial charge is 0.317 e. The Morgan fingerprint density at radius 1 is 1.20 bits per heavy atom. The van der Waals surface area contributed by atoms with Gasteiger partial charge in [-0.05, 0) is 51.5 Å². The number of rotatable bonds is 7. The highest BCUT2D eigenvalue weighted by atomic mass is 15.1. The van der Waals surface area contributed by atoms with Crippen LogP contribution in [-0.4, -0.2) is 50.7 Å². The van der Waals surface area contributed by atoms with E-state index in [1.165, 1.54) is 52.1 Å². The smallest absolute Gasteiger partial charge is 0.0107 e. The van der Waals surface area contributed by atoms with Crippen molar-refractivity contribution in [3.63, 3.8) is 0 Å². The summed E-state index contributed by atoms with van der Waals surface area (Å²) in [7, 11) is 0. The van der Waals surface area contributed by atoms with Crippen molar-refractivity contribution in [3.8, 4) is 0 Å². The number of hydrogen-bond acceptors (Lipinski definition) is 3. The first-order chi connectivity index (χ1) is 7.36. The first-order valence-corrected chi connectivity index (χ1v) is 6.50. The van der Waals surface area contributed by atoms with Crippen molar-refractivity contribution in [3.05, 3.63) is 0 Å². The molecule has 1 fully saturated rings. The molecule has 0 amide bonds. The molecule has 15 heavy (non-hydrogen) atoms. The molecule has 90 valence electrons. The van der Waals surface area contributed by atoms with Gasteiger partial charge in [-0.3, -0.25) is 0 Å². The standard InChI is InChI=1S/C12H27N3/c1-3-15(4-2)10-9-14-11-12-5-7-13-8-6-12/h12-14H,3-11H2,1-2H3. The highest BCUT2D eigenvalue weighted by molar-refractivity contribution is 4.70. The average molecular weight is 213 g/mol. The maximum Gasteiger partial charge on any atom is 0.0107 e. The minimum atomic E-state index is 0.906. The average Bonchev–Trinajstić information content (AvgIpc) is 2.31. The second-order valence-corrected chi connectivity index (χ2v) is 4.42. The zero-order valence-electron chi connectivity index (χ0n) is 10.4. The molecule has 0 atom stereocenters. The van der Waals surface area contributed by atoms with Gasteiger partial charge in [0.05, 0.1) is 0 Å². The maximum atomic E-state index is 3.58. The molecule has 0 aliphatic carbocycles. The van der Waals surface area contributed by atoms with E-state index in [0.29, 0.717) is 0 Å². The van der Waals surface area contributed by atoms with Crippen molar-refractivity contribution in [2.24, 2.45) is 5.92 Å². The van der Waals surface area contributed by atoms with Crippen LogP contribution in [-0.2, 0) is 0 Å². The summed E-state index contributed by atoms with van der Waals surface area (Å²) < 4.78 is 0. The Bertz CT molecular complexity index is 140. The molecular formula is C12H27N3. The lowest BCUT2D eigenvalue weighted by atomic mass is 9.98. The highest BCUT2D eigenvalue weighted by Gasteiger charge is 2.11. The third-order valence-corrected chi connectivity index (χ3v) is 3.39. The van der Waals surface area contributed by atoms with E-state index in [1.54, 1.807) is 0 Å². The van der Waals surface area contributed by atoms with E-state index in [1.807, 2.05) is 0 Å². The van der Waals surface area contributed by atoms with Gasteiger partial charge in [0.1, 0.15) is 0 Å². The summed E-state index contributed by atoms with van der Waals surface area (Å²) in [5, 5.41) is 6.99. The van der Waals surface area contributed by atoms with Gasteiger partial charge in [-0.1, -0.05) is 13.8 Å². The third kappa shape index (κ3) is 5.50. The number of hydrogen-bond donors (Lipinski definition) is 2. The Labute approximate surface area is 94.6 Å². The summed E-state index contributed by atoms with van der Waals surface area (Å²) in [6.07, 6.45) is 2.69. The molecule has 0 saturated carbocycles. The first-order valence-electron chi connectivity index (χ1n) is 6.50.